The summed E-state index contributed by atoms with van der Waals surface area (Å²) in [7, 11) is 1.80. The van der Waals surface area contributed by atoms with Crippen LogP contribution in [0.15, 0.2) is 53.0 Å². The first kappa shape index (κ1) is 15.6. The number of carbonyl (C=O) groups is 1. The molecule has 21 heavy (non-hydrogen) atoms. The van der Waals surface area contributed by atoms with Crippen molar-refractivity contribution in [3.05, 3.63) is 64.1 Å². The third kappa shape index (κ3) is 4.08. The van der Waals surface area contributed by atoms with E-state index in [0.717, 1.165) is 10.0 Å². The van der Waals surface area contributed by atoms with Crippen LogP contribution in [0.1, 0.15) is 22.8 Å². The van der Waals surface area contributed by atoms with E-state index in [1.54, 1.807) is 18.0 Å². The maximum absolute atomic E-state index is 12.5. The van der Waals surface area contributed by atoms with Gasteiger partial charge < -0.3 is 9.64 Å². The molecule has 2 aromatic carbocycles. The Balaban J connectivity index is 2.13. The van der Waals surface area contributed by atoms with E-state index < -0.39 is 0 Å². The van der Waals surface area contributed by atoms with Crippen molar-refractivity contribution in [2.24, 2.45) is 0 Å². The standard InChI is InChI=1S/C17H18BrNO2/c1-3-21-16-7-5-4-6-15(16)17(20)19(2)12-13-8-10-14(18)11-9-13/h4-11H,3,12H2,1-2H3. The molecule has 0 heterocycles. The highest BCUT2D eigenvalue weighted by atomic mass is 79.9. The number of halogens is 1. The Morgan fingerprint density at radius 3 is 2.48 bits per heavy atom. The minimum Gasteiger partial charge on any atom is -0.493 e. The van der Waals surface area contributed by atoms with Crippen LogP contribution >= 0.6 is 15.9 Å². The lowest BCUT2D eigenvalue weighted by atomic mass is 10.1. The molecule has 0 aliphatic rings. The van der Waals surface area contributed by atoms with E-state index in [4.69, 9.17) is 4.74 Å². The topological polar surface area (TPSA) is 29.5 Å². The molecule has 1 amide bonds. The van der Waals surface area contributed by atoms with Crippen molar-refractivity contribution < 1.29 is 9.53 Å². The van der Waals surface area contributed by atoms with Gasteiger partial charge in [-0.05, 0) is 36.8 Å². The smallest absolute Gasteiger partial charge is 0.257 e. The molecule has 0 fully saturated rings. The molecular weight excluding hydrogens is 330 g/mol. The first-order valence-corrected chi connectivity index (χ1v) is 7.63. The summed E-state index contributed by atoms with van der Waals surface area (Å²) in [6.45, 7) is 3.01. The van der Waals surface area contributed by atoms with Gasteiger partial charge in [0.25, 0.3) is 5.91 Å². The van der Waals surface area contributed by atoms with E-state index in [0.29, 0.717) is 24.5 Å². The van der Waals surface area contributed by atoms with Gasteiger partial charge in [-0.25, -0.2) is 0 Å². The average Bonchev–Trinajstić information content (AvgIpc) is 2.50. The summed E-state index contributed by atoms with van der Waals surface area (Å²) in [5, 5.41) is 0. The molecule has 110 valence electrons. The molecule has 0 radical (unpaired) electrons. The zero-order chi connectivity index (χ0) is 15.2. The highest BCUT2D eigenvalue weighted by Gasteiger charge is 2.16. The van der Waals surface area contributed by atoms with Gasteiger partial charge in [-0.15, -0.1) is 0 Å². The van der Waals surface area contributed by atoms with Gasteiger partial charge in [-0.3, -0.25) is 4.79 Å². The maximum atomic E-state index is 12.5. The van der Waals surface area contributed by atoms with Crippen molar-refractivity contribution in [1.29, 1.82) is 0 Å². The van der Waals surface area contributed by atoms with Gasteiger partial charge in [0.05, 0.1) is 12.2 Å². The fourth-order valence-electron chi connectivity index (χ4n) is 2.07. The van der Waals surface area contributed by atoms with Crippen molar-refractivity contribution in [3.8, 4) is 5.75 Å². The van der Waals surface area contributed by atoms with E-state index in [1.165, 1.54) is 0 Å². The number of nitrogens with zero attached hydrogens (tertiary/aromatic N) is 1. The van der Waals surface area contributed by atoms with Crippen LogP contribution in [0.3, 0.4) is 0 Å². The van der Waals surface area contributed by atoms with Crippen molar-refractivity contribution in [2.75, 3.05) is 13.7 Å². The molecule has 4 heteroatoms. The third-order valence-electron chi connectivity index (χ3n) is 3.10. The second kappa shape index (κ2) is 7.27. The molecule has 3 nitrogen and oxygen atoms in total. The van der Waals surface area contributed by atoms with Crippen LogP contribution in [0.25, 0.3) is 0 Å². The fraction of sp³-hybridized carbons (Fsp3) is 0.235. The summed E-state index contributed by atoms with van der Waals surface area (Å²) >= 11 is 3.41. The number of hydrogen-bond donors (Lipinski definition) is 0. The molecule has 0 bridgehead atoms. The van der Waals surface area contributed by atoms with Crippen LogP contribution in [0.4, 0.5) is 0 Å². The quantitative estimate of drug-likeness (QED) is 0.814. The minimum atomic E-state index is -0.0398. The highest BCUT2D eigenvalue weighted by Crippen LogP contribution is 2.20. The molecule has 0 saturated carbocycles. The average molecular weight is 348 g/mol. The Morgan fingerprint density at radius 2 is 1.81 bits per heavy atom. The highest BCUT2D eigenvalue weighted by molar-refractivity contribution is 9.10. The van der Waals surface area contributed by atoms with Gasteiger partial charge in [-0.1, -0.05) is 40.2 Å². The monoisotopic (exact) mass is 347 g/mol. The zero-order valence-corrected chi connectivity index (χ0v) is 13.8. The van der Waals surface area contributed by atoms with Crippen LogP contribution in [0.5, 0.6) is 5.75 Å². The molecular formula is C17H18BrNO2. The zero-order valence-electron chi connectivity index (χ0n) is 12.2. The van der Waals surface area contributed by atoms with Crippen molar-refractivity contribution in [2.45, 2.75) is 13.5 Å². The van der Waals surface area contributed by atoms with Gasteiger partial charge in [-0.2, -0.15) is 0 Å². The number of para-hydroxylation sites is 1. The normalized spacial score (nSPS) is 10.2. The van der Waals surface area contributed by atoms with Crippen molar-refractivity contribution >= 4 is 21.8 Å². The summed E-state index contributed by atoms with van der Waals surface area (Å²) in [5.74, 6) is 0.592. The number of rotatable bonds is 5. The molecule has 0 saturated heterocycles. The van der Waals surface area contributed by atoms with Crippen molar-refractivity contribution in [3.63, 3.8) is 0 Å². The SMILES string of the molecule is CCOc1ccccc1C(=O)N(C)Cc1ccc(Br)cc1. The molecule has 0 aliphatic carbocycles. The molecule has 0 spiro atoms. The summed E-state index contributed by atoms with van der Waals surface area (Å²) in [5.41, 5.74) is 1.68. The molecule has 0 N–H and O–H groups in total. The molecule has 0 atom stereocenters. The number of carbonyl (C=O) groups excluding carboxylic acids is 1. The number of hydrogen-bond acceptors (Lipinski definition) is 2. The van der Waals surface area contributed by atoms with Crippen LogP contribution in [-0.2, 0) is 6.54 Å². The Morgan fingerprint density at radius 1 is 1.14 bits per heavy atom. The number of amides is 1. The lowest BCUT2D eigenvalue weighted by Gasteiger charge is -2.19. The summed E-state index contributed by atoms with van der Waals surface area (Å²) < 4.78 is 6.55. The van der Waals surface area contributed by atoms with Crippen LogP contribution in [0.2, 0.25) is 0 Å². The molecule has 0 unspecified atom stereocenters. The minimum absolute atomic E-state index is 0.0398. The van der Waals surface area contributed by atoms with E-state index in [9.17, 15) is 4.79 Å². The van der Waals surface area contributed by atoms with E-state index in [1.807, 2.05) is 49.4 Å². The van der Waals surface area contributed by atoms with Gasteiger partial charge in [0.2, 0.25) is 0 Å². The second-order valence-corrected chi connectivity index (χ2v) is 5.63. The van der Waals surface area contributed by atoms with Gasteiger partial charge in [0.1, 0.15) is 5.75 Å². The fourth-order valence-corrected chi connectivity index (χ4v) is 2.33. The Labute approximate surface area is 133 Å². The molecule has 2 aromatic rings. The first-order chi connectivity index (χ1) is 10.1. The van der Waals surface area contributed by atoms with Gasteiger partial charge in [0.15, 0.2) is 0 Å². The maximum Gasteiger partial charge on any atom is 0.257 e. The summed E-state index contributed by atoms with van der Waals surface area (Å²) in [4.78, 5) is 14.2. The predicted molar refractivity (Wildman–Crippen MR) is 87.6 cm³/mol. The second-order valence-electron chi connectivity index (χ2n) is 4.72. The largest absolute Gasteiger partial charge is 0.493 e. The Kier molecular flexibility index (Phi) is 5.39. The molecule has 0 aromatic heterocycles. The lowest BCUT2D eigenvalue weighted by Crippen LogP contribution is -2.26. The van der Waals surface area contributed by atoms with Crippen molar-refractivity contribution in [1.82, 2.24) is 4.90 Å². The van der Waals surface area contributed by atoms with Crippen LogP contribution < -0.4 is 4.74 Å². The Hall–Kier alpha value is -1.81. The number of benzene rings is 2. The van der Waals surface area contributed by atoms with E-state index in [2.05, 4.69) is 15.9 Å². The summed E-state index contributed by atoms with van der Waals surface area (Å²) in [6.07, 6.45) is 0. The molecule has 0 aliphatic heterocycles. The lowest BCUT2D eigenvalue weighted by molar-refractivity contribution is 0.0781. The first-order valence-electron chi connectivity index (χ1n) is 6.83. The predicted octanol–water partition coefficient (Wildman–Crippen LogP) is 4.12. The molecule has 2 rings (SSSR count). The van der Waals surface area contributed by atoms with Gasteiger partial charge >= 0.3 is 0 Å². The van der Waals surface area contributed by atoms with E-state index in [-0.39, 0.29) is 5.91 Å². The van der Waals surface area contributed by atoms with Crippen LogP contribution in [-0.4, -0.2) is 24.5 Å². The third-order valence-corrected chi connectivity index (χ3v) is 3.63. The number of ether oxygens (including phenoxy) is 1. The Bertz CT molecular complexity index is 610. The van der Waals surface area contributed by atoms with E-state index >= 15 is 0 Å². The van der Waals surface area contributed by atoms with Gasteiger partial charge in [0, 0.05) is 18.1 Å². The van der Waals surface area contributed by atoms with Crippen LogP contribution in [0, 0.1) is 0 Å². The summed E-state index contributed by atoms with van der Waals surface area (Å²) in [6, 6.07) is 15.3.